The van der Waals surface area contributed by atoms with Crippen LogP contribution >= 0.6 is 92.8 Å². The molecule has 0 heterocycles. The fraction of sp³-hybridized carbons (Fsp3) is 0.500. The summed E-state index contributed by atoms with van der Waals surface area (Å²) in [6.07, 6.45) is 1.33. The highest BCUT2D eigenvalue weighted by Gasteiger charge is 2.35. The summed E-state index contributed by atoms with van der Waals surface area (Å²) in [6, 6.07) is 0. The molecular formula is C8H4Cl8O4. The number of hydrogen-bond donors (Lipinski definition) is 0. The van der Waals surface area contributed by atoms with E-state index in [4.69, 9.17) is 92.8 Å². The Balaban J connectivity index is 4.37. The van der Waals surface area contributed by atoms with Crippen molar-refractivity contribution in [3.05, 3.63) is 12.2 Å². The summed E-state index contributed by atoms with van der Waals surface area (Å²) >= 11 is 43.0. The normalized spacial score (nSPS) is 15.8. The van der Waals surface area contributed by atoms with Gasteiger partial charge in [0.25, 0.3) is 0 Å². The van der Waals surface area contributed by atoms with Crippen LogP contribution in [-0.2, 0) is 19.1 Å². The fourth-order valence-corrected chi connectivity index (χ4v) is 0.995. The predicted octanol–water partition coefficient (Wildman–Crippen LogP) is 4.50. The van der Waals surface area contributed by atoms with Crippen LogP contribution in [0.4, 0.5) is 0 Å². The lowest BCUT2D eigenvalue weighted by atomic mass is 10.5. The maximum atomic E-state index is 11.2. The number of esters is 2. The van der Waals surface area contributed by atoms with Crippen molar-refractivity contribution in [1.82, 2.24) is 0 Å². The van der Waals surface area contributed by atoms with Crippen LogP contribution in [0.15, 0.2) is 12.2 Å². The second-order valence-corrected chi connectivity index (χ2v) is 8.45. The average molecular weight is 448 g/mol. The predicted molar refractivity (Wildman–Crippen MR) is 81.2 cm³/mol. The summed E-state index contributed by atoms with van der Waals surface area (Å²) in [6.45, 7) is 0. The van der Waals surface area contributed by atoms with Crippen LogP contribution in [0, 0.1) is 0 Å². The SMILES string of the molecule is O=C(C=CC(=O)OC(Cl)C(Cl)(Cl)Cl)OC(Cl)C(Cl)(Cl)Cl. The summed E-state index contributed by atoms with van der Waals surface area (Å²) in [4.78, 5) is 22.4. The van der Waals surface area contributed by atoms with Crippen molar-refractivity contribution in [3.8, 4) is 0 Å². The van der Waals surface area contributed by atoms with Gasteiger partial charge in [0.2, 0.25) is 18.7 Å². The second kappa shape index (κ2) is 8.59. The van der Waals surface area contributed by atoms with Crippen molar-refractivity contribution in [3.63, 3.8) is 0 Å². The Hall–Kier alpha value is 1.000. The molecule has 20 heavy (non-hydrogen) atoms. The molecule has 0 aromatic carbocycles. The van der Waals surface area contributed by atoms with Gasteiger partial charge in [-0.1, -0.05) is 92.8 Å². The van der Waals surface area contributed by atoms with Crippen molar-refractivity contribution in [2.45, 2.75) is 18.7 Å². The molecule has 4 nitrogen and oxygen atoms in total. The van der Waals surface area contributed by atoms with E-state index in [-0.39, 0.29) is 0 Å². The highest BCUT2D eigenvalue weighted by atomic mass is 35.6. The Bertz CT molecular complexity index is 349. The first-order valence-corrected chi connectivity index (χ1v) is 7.49. The first-order valence-electron chi connectivity index (χ1n) is 4.35. The average Bonchev–Trinajstić information content (AvgIpc) is 2.23. The van der Waals surface area contributed by atoms with Crippen molar-refractivity contribution >= 4 is 105 Å². The van der Waals surface area contributed by atoms with E-state index < -0.39 is 30.6 Å². The molecule has 0 rings (SSSR count). The molecule has 0 fully saturated rings. The molecule has 2 atom stereocenters. The molecule has 0 aliphatic rings. The molecule has 0 amide bonds. The smallest absolute Gasteiger partial charge is 0.332 e. The standard InChI is InChI=1S/C8H4Cl8O4/c9-5(7(11,12)13)19-3(17)1-2-4(18)20-6(10)8(14,15)16/h1-2,5-6H. The van der Waals surface area contributed by atoms with E-state index in [1.807, 2.05) is 0 Å². The van der Waals surface area contributed by atoms with Crippen LogP contribution in [0.2, 0.25) is 0 Å². The summed E-state index contributed by atoms with van der Waals surface area (Å²) < 4.78 is 4.87. The number of rotatable bonds is 4. The first kappa shape index (κ1) is 21.0. The van der Waals surface area contributed by atoms with Crippen LogP contribution in [0.5, 0.6) is 0 Å². The van der Waals surface area contributed by atoms with Gasteiger partial charge in [-0.15, -0.1) is 0 Å². The minimum absolute atomic E-state index is 0.663. The zero-order valence-electron chi connectivity index (χ0n) is 8.97. The molecule has 0 aromatic rings. The Kier molecular flexibility index (Phi) is 9.01. The Morgan fingerprint density at radius 1 is 0.750 bits per heavy atom. The minimum Gasteiger partial charge on any atom is -0.438 e. The van der Waals surface area contributed by atoms with E-state index in [0.717, 1.165) is 0 Å². The van der Waals surface area contributed by atoms with Crippen molar-refractivity contribution in [2.75, 3.05) is 0 Å². The molecule has 12 heteroatoms. The van der Waals surface area contributed by atoms with Crippen molar-refractivity contribution < 1.29 is 19.1 Å². The van der Waals surface area contributed by atoms with Crippen LogP contribution in [0.3, 0.4) is 0 Å². The van der Waals surface area contributed by atoms with E-state index >= 15 is 0 Å². The summed E-state index contributed by atoms with van der Waals surface area (Å²) in [5.74, 6) is -2.12. The molecule has 0 aromatic heterocycles. The molecule has 0 N–H and O–H groups in total. The van der Waals surface area contributed by atoms with Gasteiger partial charge in [0.05, 0.1) is 0 Å². The monoisotopic (exact) mass is 444 g/mol. The highest BCUT2D eigenvalue weighted by Crippen LogP contribution is 2.35. The number of halogens is 8. The molecule has 0 saturated heterocycles. The van der Waals surface area contributed by atoms with Crippen LogP contribution in [0.1, 0.15) is 0 Å². The maximum absolute atomic E-state index is 11.2. The van der Waals surface area contributed by atoms with Gasteiger partial charge in [-0.05, 0) is 0 Å². The fourth-order valence-electron chi connectivity index (χ4n) is 0.552. The molecule has 0 bridgehead atoms. The van der Waals surface area contributed by atoms with Gasteiger partial charge < -0.3 is 9.47 Å². The summed E-state index contributed by atoms with van der Waals surface area (Å²) in [7, 11) is 0. The van der Waals surface area contributed by atoms with E-state index in [0.29, 0.717) is 12.2 Å². The van der Waals surface area contributed by atoms with Gasteiger partial charge in [-0.3, -0.25) is 0 Å². The summed E-state index contributed by atoms with van der Waals surface area (Å²) in [5, 5.41) is 0. The van der Waals surface area contributed by atoms with E-state index in [1.54, 1.807) is 0 Å². The van der Waals surface area contributed by atoms with Gasteiger partial charge in [0, 0.05) is 12.2 Å². The van der Waals surface area contributed by atoms with Crippen LogP contribution < -0.4 is 0 Å². The van der Waals surface area contributed by atoms with Gasteiger partial charge in [-0.2, -0.15) is 0 Å². The zero-order valence-corrected chi connectivity index (χ0v) is 15.0. The van der Waals surface area contributed by atoms with Gasteiger partial charge in [-0.25, -0.2) is 9.59 Å². The first-order chi connectivity index (χ1) is 8.84. The maximum Gasteiger partial charge on any atom is 0.332 e. The lowest BCUT2D eigenvalue weighted by Crippen LogP contribution is -2.26. The number of carbonyl (C=O) groups excluding carboxylic acids is 2. The number of alkyl halides is 8. The third-order valence-corrected chi connectivity index (χ3v) is 4.00. The molecule has 0 spiro atoms. The van der Waals surface area contributed by atoms with Gasteiger partial charge >= 0.3 is 11.9 Å². The van der Waals surface area contributed by atoms with Gasteiger partial charge in [0.1, 0.15) is 0 Å². The molecule has 2 unspecified atom stereocenters. The molecular weight excluding hydrogens is 444 g/mol. The zero-order chi connectivity index (χ0) is 16.1. The number of hydrogen-bond acceptors (Lipinski definition) is 4. The van der Waals surface area contributed by atoms with E-state index in [2.05, 4.69) is 9.47 Å². The molecule has 116 valence electrons. The Morgan fingerprint density at radius 2 is 1.00 bits per heavy atom. The molecule has 0 aliphatic carbocycles. The highest BCUT2D eigenvalue weighted by molar-refractivity contribution is 6.70. The van der Waals surface area contributed by atoms with E-state index in [9.17, 15) is 9.59 Å². The van der Waals surface area contributed by atoms with Crippen molar-refractivity contribution in [1.29, 1.82) is 0 Å². The molecule has 0 radical (unpaired) electrons. The van der Waals surface area contributed by atoms with Crippen LogP contribution in [-0.4, -0.2) is 30.6 Å². The van der Waals surface area contributed by atoms with Gasteiger partial charge in [0.15, 0.2) is 0 Å². The third kappa shape index (κ3) is 9.11. The molecule has 0 aliphatic heterocycles. The summed E-state index contributed by atoms with van der Waals surface area (Å²) in [5.41, 5.74) is -3.11. The number of ether oxygens (including phenoxy) is 2. The third-order valence-electron chi connectivity index (χ3n) is 1.31. The largest absolute Gasteiger partial charge is 0.438 e. The minimum atomic E-state index is -2.03. The quantitative estimate of drug-likeness (QED) is 0.362. The Morgan fingerprint density at radius 3 is 1.20 bits per heavy atom. The van der Waals surface area contributed by atoms with Crippen LogP contribution in [0.25, 0.3) is 0 Å². The van der Waals surface area contributed by atoms with E-state index in [1.165, 1.54) is 0 Å². The topological polar surface area (TPSA) is 52.6 Å². The molecule has 0 saturated carbocycles. The lowest BCUT2D eigenvalue weighted by molar-refractivity contribution is -0.142. The number of carbonyl (C=O) groups is 2. The second-order valence-electron chi connectivity index (χ2n) is 2.92. The van der Waals surface area contributed by atoms with Crippen molar-refractivity contribution in [2.24, 2.45) is 0 Å². The lowest BCUT2D eigenvalue weighted by Gasteiger charge is -2.17. The Labute approximate surface area is 154 Å².